The number of carbonyl (C=O) groups excluding carboxylic acids is 1. The van der Waals surface area contributed by atoms with Gasteiger partial charge in [0.1, 0.15) is 12.3 Å². The first kappa shape index (κ1) is 25.0. The Bertz CT molecular complexity index is 1200. The number of amides is 1. The zero-order valence-corrected chi connectivity index (χ0v) is 20.8. The Morgan fingerprint density at radius 3 is 2.55 bits per heavy atom. The van der Waals surface area contributed by atoms with E-state index in [4.69, 9.17) is 16.3 Å². The number of hydrogen-bond acceptors (Lipinski definition) is 8. The van der Waals surface area contributed by atoms with Gasteiger partial charge < -0.3 is 4.74 Å². The molecule has 1 N–H and O–H groups in total. The van der Waals surface area contributed by atoms with Crippen LogP contribution in [-0.2, 0) is 14.8 Å². The van der Waals surface area contributed by atoms with Crippen molar-refractivity contribution < 1.29 is 17.9 Å². The lowest BCUT2D eigenvalue weighted by Gasteiger charge is -2.24. The van der Waals surface area contributed by atoms with E-state index in [1.54, 1.807) is 30.3 Å². The van der Waals surface area contributed by atoms with Crippen molar-refractivity contribution >= 4 is 61.4 Å². The molecule has 0 aliphatic heterocycles. The molecule has 3 aromatic rings. The highest BCUT2D eigenvalue weighted by Gasteiger charge is 2.27. The molecule has 0 bridgehead atoms. The zero-order chi connectivity index (χ0) is 23.8. The number of sulfonamides is 1. The van der Waals surface area contributed by atoms with Crippen molar-refractivity contribution in [2.75, 3.05) is 28.5 Å². The van der Waals surface area contributed by atoms with Gasteiger partial charge in [-0.25, -0.2) is 8.42 Å². The maximum atomic E-state index is 13.4. The first-order chi connectivity index (χ1) is 15.8. The molecular formula is C21H21ClN4O4S3. The number of anilines is 2. The van der Waals surface area contributed by atoms with Crippen molar-refractivity contribution in [3.8, 4) is 5.75 Å². The molecule has 0 aliphatic carbocycles. The lowest BCUT2D eigenvalue weighted by molar-refractivity contribution is -0.114. The van der Waals surface area contributed by atoms with Crippen LogP contribution in [0.3, 0.4) is 0 Å². The highest BCUT2D eigenvalue weighted by Crippen LogP contribution is 2.28. The minimum Gasteiger partial charge on any atom is -0.494 e. The smallest absolute Gasteiger partial charge is 0.264 e. The third-order valence-electron chi connectivity index (χ3n) is 4.10. The molecule has 0 atom stereocenters. The molecule has 0 aliphatic rings. The van der Waals surface area contributed by atoms with Crippen LogP contribution >= 0.6 is 34.7 Å². The van der Waals surface area contributed by atoms with Gasteiger partial charge in [-0.15, -0.1) is 16.8 Å². The van der Waals surface area contributed by atoms with E-state index in [9.17, 15) is 13.2 Å². The number of aromatic nitrogens is 2. The number of nitrogens with zero attached hydrogens (tertiary/aromatic N) is 3. The van der Waals surface area contributed by atoms with Gasteiger partial charge in [-0.05, 0) is 55.5 Å². The van der Waals surface area contributed by atoms with E-state index in [1.807, 2.05) is 6.92 Å². The third-order valence-corrected chi connectivity index (χ3v) is 8.11. The fraction of sp³-hybridized carbons (Fsp3) is 0.190. The molecule has 0 spiro atoms. The first-order valence-electron chi connectivity index (χ1n) is 9.71. The Balaban J connectivity index is 1.86. The van der Waals surface area contributed by atoms with Gasteiger partial charge >= 0.3 is 0 Å². The van der Waals surface area contributed by atoms with Crippen molar-refractivity contribution in [3.05, 3.63) is 66.2 Å². The highest BCUT2D eigenvalue weighted by atomic mass is 35.5. The monoisotopic (exact) mass is 524 g/mol. The van der Waals surface area contributed by atoms with E-state index in [0.29, 0.717) is 33.2 Å². The molecule has 1 amide bonds. The Hall–Kier alpha value is -2.60. The predicted molar refractivity (Wildman–Crippen MR) is 133 cm³/mol. The largest absolute Gasteiger partial charge is 0.494 e. The summed E-state index contributed by atoms with van der Waals surface area (Å²) in [7, 11) is -4.06. The van der Waals surface area contributed by atoms with E-state index in [1.165, 1.54) is 47.4 Å². The lowest BCUT2D eigenvalue weighted by Crippen LogP contribution is -2.38. The number of halogens is 1. The molecular weight excluding hydrogens is 504 g/mol. The van der Waals surface area contributed by atoms with Gasteiger partial charge in [-0.2, -0.15) is 0 Å². The second kappa shape index (κ2) is 11.5. The van der Waals surface area contributed by atoms with Crippen molar-refractivity contribution in [2.24, 2.45) is 0 Å². The molecule has 1 heterocycles. The molecule has 8 nitrogen and oxygen atoms in total. The summed E-state index contributed by atoms with van der Waals surface area (Å²) in [5.41, 5.74) is 0.308. The number of nitrogens with one attached hydrogen (secondary N) is 1. The molecule has 3 rings (SSSR count). The summed E-state index contributed by atoms with van der Waals surface area (Å²) in [6.45, 7) is 5.51. The molecule has 12 heteroatoms. The number of hydrogen-bond donors (Lipinski definition) is 1. The first-order valence-corrected chi connectivity index (χ1v) is 13.3. The quantitative estimate of drug-likeness (QED) is 0.220. The number of rotatable bonds is 11. The predicted octanol–water partition coefficient (Wildman–Crippen LogP) is 4.70. The number of benzene rings is 2. The van der Waals surface area contributed by atoms with Gasteiger partial charge in [0.25, 0.3) is 10.0 Å². The van der Waals surface area contributed by atoms with Crippen LogP contribution in [0, 0.1) is 0 Å². The molecule has 2 aromatic carbocycles. The van der Waals surface area contributed by atoms with Gasteiger partial charge in [0.05, 0.1) is 17.2 Å². The van der Waals surface area contributed by atoms with E-state index >= 15 is 0 Å². The topological polar surface area (TPSA) is 101 Å². The molecule has 174 valence electrons. The Morgan fingerprint density at radius 2 is 1.91 bits per heavy atom. The SMILES string of the molecule is C=CCSc1nnc(NC(=O)CN(c2ccc(OCC)cc2)S(=O)(=O)c2ccc(Cl)cc2)s1. The fourth-order valence-electron chi connectivity index (χ4n) is 2.66. The number of carbonyl (C=O) groups is 1. The molecule has 0 fully saturated rings. The minimum absolute atomic E-state index is 0.00705. The van der Waals surface area contributed by atoms with Crippen LogP contribution in [0.1, 0.15) is 6.92 Å². The number of ether oxygens (including phenoxy) is 1. The van der Waals surface area contributed by atoms with Crippen molar-refractivity contribution in [1.29, 1.82) is 0 Å². The average Bonchev–Trinajstić information content (AvgIpc) is 3.24. The third kappa shape index (κ3) is 6.70. The molecule has 33 heavy (non-hydrogen) atoms. The average molecular weight is 525 g/mol. The Kier molecular flexibility index (Phi) is 8.73. The van der Waals surface area contributed by atoms with E-state index < -0.39 is 22.5 Å². The van der Waals surface area contributed by atoms with Crippen LogP contribution in [-0.4, -0.2) is 43.4 Å². The van der Waals surface area contributed by atoms with Crippen LogP contribution in [0.25, 0.3) is 0 Å². The lowest BCUT2D eigenvalue weighted by atomic mass is 10.3. The van der Waals surface area contributed by atoms with Crippen LogP contribution in [0.2, 0.25) is 5.02 Å². The molecule has 0 radical (unpaired) electrons. The van der Waals surface area contributed by atoms with Crippen molar-refractivity contribution in [3.63, 3.8) is 0 Å². The van der Waals surface area contributed by atoms with Crippen molar-refractivity contribution in [2.45, 2.75) is 16.2 Å². The zero-order valence-electron chi connectivity index (χ0n) is 17.6. The molecule has 0 saturated carbocycles. The fourth-order valence-corrected chi connectivity index (χ4v) is 5.74. The van der Waals surface area contributed by atoms with Crippen LogP contribution in [0.15, 0.2) is 70.4 Å². The molecule has 0 saturated heterocycles. The summed E-state index contributed by atoms with van der Waals surface area (Å²) in [5.74, 6) is 0.693. The summed E-state index contributed by atoms with van der Waals surface area (Å²) in [6, 6.07) is 12.2. The normalized spacial score (nSPS) is 11.1. The molecule has 1 aromatic heterocycles. The second-order valence-corrected chi connectivity index (χ2v) is 11.0. The van der Waals surface area contributed by atoms with Crippen LogP contribution in [0.4, 0.5) is 10.8 Å². The summed E-state index contributed by atoms with van der Waals surface area (Å²) in [5, 5.41) is 11.2. The Labute approximate surface area is 205 Å². The molecule has 0 unspecified atom stereocenters. The van der Waals surface area contributed by atoms with Gasteiger partial charge in [0.2, 0.25) is 11.0 Å². The van der Waals surface area contributed by atoms with Crippen LogP contribution in [0.5, 0.6) is 5.75 Å². The van der Waals surface area contributed by atoms with Gasteiger partial charge in [-0.3, -0.25) is 14.4 Å². The maximum Gasteiger partial charge on any atom is 0.264 e. The standard InChI is InChI=1S/C21H21ClN4O4S3/c1-3-13-31-21-25-24-20(32-21)23-19(27)14-26(16-7-9-17(10-8-16)30-4-2)33(28,29)18-11-5-15(22)6-12-18/h3,5-12H,1,4,13-14H2,2H3,(H,23,24,27). The van der Waals surface area contributed by atoms with Crippen LogP contribution < -0.4 is 14.4 Å². The van der Waals surface area contributed by atoms with Gasteiger partial charge in [-0.1, -0.05) is 40.8 Å². The van der Waals surface area contributed by atoms with Gasteiger partial charge in [0.15, 0.2) is 4.34 Å². The second-order valence-electron chi connectivity index (χ2n) is 6.41. The Morgan fingerprint density at radius 1 is 1.21 bits per heavy atom. The van der Waals surface area contributed by atoms with E-state index in [-0.39, 0.29) is 10.0 Å². The summed E-state index contributed by atoms with van der Waals surface area (Å²) in [4.78, 5) is 12.8. The maximum absolute atomic E-state index is 13.4. The minimum atomic E-state index is -4.06. The summed E-state index contributed by atoms with van der Waals surface area (Å²) >= 11 is 8.54. The summed E-state index contributed by atoms with van der Waals surface area (Å²) in [6.07, 6.45) is 1.74. The van der Waals surface area contributed by atoms with Gasteiger partial charge in [0, 0.05) is 10.8 Å². The van der Waals surface area contributed by atoms with E-state index in [0.717, 1.165) is 4.31 Å². The number of thioether (sulfide) groups is 1. The summed E-state index contributed by atoms with van der Waals surface area (Å²) < 4.78 is 33.9. The highest BCUT2D eigenvalue weighted by molar-refractivity contribution is 8.01. The van der Waals surface area contributed by atoms with Crippen molar-refractivity contribution in [1.82, 2.24) is 10.2 Å². The van der Waals surface area contributed by atoms with E-state index in [2.05, 4.69) is 22.1 Å².